The molecule has 0 radical (unpaired) electrons. The molecule has 12 nitrogen and oxygen atoms in total. The quantitative estimate of drug-likeness (QED) is 0.425. The van der Waals surface area contributed by atoms with Gasteiger partial charge in [0.2, 0.25) is 17.4 Å². The highest BCUT2D eigenvalue weighted by atomic mass is 16.3. The fourth-order valence-electron chi connectivity index (χ4n) is 5.12. The summed E-state index contributed by atoms with van der Waals surface area (Å²) in [4.78, 5) is 60.8. The Kier molecular flexibility index (Phi) is 5.28. The Morgan fingerprint density at radius 3 is 2.69 bits per heavy atom. The molecule has 0 unspecified atom stereocenters. The van der Waals surface area contributed by atoms with E-state index in [1.807, 2.05) is 6.07 Å². The van der Waals surface area contributed by atoms with E-state index in [0.29, 0.717) is 37.2 Å². The Balaban J connectivity index is 1.12. The molecular weight excluding hydrogens is 466 g/mol. The third-order valence-corrected chi connectivity index (χ3v) is 6.97. The molecule has 2 aliphatic rings. The van der Waals surface area contributed by atoms with Crippen LogP contribution in [-0.4, -0.2) is 79.8 Å². The van der Waals surface area contributed by atoms with E-state index in [-0.39, 0.29) is 47.4 Å². The first-order valence-corrected chi connectivity index (χ1v) is 11.7. The first-order valence-electron chi connectivity index (χ1n) is 11.7. The fraction of sp³-hybridized carbons (Fsp3) is 0.333. The van der Waals surface area contributed by atoms with Crippen molar-refractivity contribution in [1.82, 2.24) is 34.7 Å². The molecule has 5 heterocycles. The molecule has 0 spiro atoms. The van der Waals surface area contributed by atoms with Crippen LogP contribution in [0.2, 0.25) is 0 Å². The van der Waals surface area contributed by atoms with Crippen LogP contribution in [0, 0.1) is 11.8 Å². The summed E-state index contributed by atoms with van der Waals surface area (Å²) in [5, 5.41) is 6.94. The van der Waals surface area contributed by atoms with Crippen LogP contribution in [0.1, 0.15) is 27.6 Å². The molecule has 1 aromatic carbocycles. The first-order chi connectivity index (χ1) is 17.5. The van der Waals surface area contributed by atoms with Gasteiger partial charge in [-0.05, 0) is 42.5 Å². The predicted octanol–water partition coefficient (Wildman–Crippen LogP) is 0.514. The molecule has 36 heavy (non-hydrogen) atoms. The lowest BCUT2D eigenvalue weighted by molar-refractivity contribution is -0.132. The number of piperidine rings is 1. The minimum Gasteiger partial charge on any atom is -0.459 e. The second-order valence-electron chi connectivity index (χ2n) is 9.16. The molecule has 3 amide bonds. The number of aromatic nitrogens is 4. The molecule has 3 aromatic heterocycles. The smallest absolute Gasteiger partial charge is 0.293 e. The summed E-state index contributed by atoms with van der Waals surface area (Å²) in [6.07, 6.45) is 2.16. The number of rotatable bonds is 4. The highest BCUT2D eigenvalue weighted by molar-refractivity contribution is 5.94. The number of nitrogens with zero attached hydrogens (tertiary/aromatic N) is 5. The number of hydrogen-bond acceptors (Lipinski definition) is 7. The molecule has 0 saturated carbocycles. The number of fused-ring (bicyclic) bond motifs is 4. The van der Waals surface area contributed by atoms with Crippen molar-refractivity contribution < 1.29 is 18.8 Å². The highest BCUT2D eigenvalue weighted by Crippen LogP contribution is 2.31. The maximum Gasteiger partial charge on any atom is 0.293 e. The van der Waals surface area contributed by atoms with Crippen LogP contribution < -0.4 is 10.9 Å². The van der Waals surface area contributed by atoms with Crippen LogP contribution in [0.15, 0.2) is 51.9 Å². The molecule has 2 saturated heterocycles. The second-order valence-corrected chi connectivity index (χ2v) is 9.16. The van der Waals surface area contributed by atoms with Gasteiger partial charge in [-0.2, -0.15) is 4.98 Å². The van der Waals surface area contributed by atoms with Crippen molar-refractivity contribution in [2.24, 2.45) is 11.8 Å². The lowest BCUT2D eigenvalue weighted by Gasteiger charge is -2.34. The number of carbonyl (C=O) groups excluding carboxylic acids is 3. The van der Waals surface area contributed by atoms with E-state index in [1.165, 1.54) is 16.8 Å². The minimum atomic E-state index is -0.438. The van der Waals surface area contributed by atoms with Gasteiger partial charge in [0.05, 0.1) is 23.8 Å². The predicted molar refractivity (Wildman–Crippen MR) is 126 cm³/mol. The molecule has 12 heteroatoms. The van der Waals surface area contributed by atoms with E-state index in [2.05, 4.69) is 20.4 Å². The molecule has 2 atom stereocenters. The number of hydrogen-bond donors (Lipinski definition) is 2. The van der Waals surface area contributed by atoms with Crippen LogP contribution in [-0.2, 0) is 4.79 Å². The summed E-state index contributed by atoms with van der Waals surface area (Å²) in [5.74, 6) is -0.435. The lowest BCUT2D eigenvalue weighted by Crippen LogP contribution is -2.47. The van der Waals surface area contributed by atoms with Gasteiger partial charge in [-0.1, -0.05) is 12.1 Å². The number of amides is 3. The van der Waals surface area contributed by atoms with E-state index in [1.54, 1.807) is 34.1 Å². The average molecular weight is 489 g/mol. The SMILES string of the molecule is O=C(NCC(=O)N1CC[C@@H]2CN(C(=O)c3nc4c(=O)[nH]c5ccccc5n4n3)C[C@H]2C1)c1ccco1. The van der Waals surface area contributed by atoms with Crippen molar-refractivity contribution in [1.29, 1.82) is 0 Å². The molecule has 4 aromatic rings. The molecule has 2 aliphatic heterocycles. The Bertz CT molecular complexity index is 1540. The molecule has 2 N–H and O–H groups in total. The lowest BCUT2D eigenvalue weighted by atomic mass is 9.89. The Morgan fingerprint density at radius 1 is 1.06 bits per heavy atom. The number of benzene rings is 1. The average Bonchev–Trinajstić information content (AvgIpc) is 3.65. The summed E-state index contributed by atoms with van der Waals surface area (Å²) in [6, 6.07) is 10.3. The largest absolute Gasteiger partial charge is 0.459 e. The number of nitrogens with one attached hydrogen (secondary N) is 2. The van der Waals surface area contributed by atoms with Crippen LogP contribution in [0.3, 0.4) is 0 Å². The zero-order chi connectivity index (χ0) is 24.8. The topological polar surface area (TPSA) is 146 Å². The normalized spacial score (nSPS) is 19.6. The van der Waals surface area contributed by atoms with Crippen molar-refractivity contribution in [2.45, 2.75) is 6.42 Å². The van der Waals surface area contributed by atoms with E-state index in [4.69, 9.17) is 4.42 Å². The van der Waals surface area contributed by atoms with Crippen LogP contribution in [0.5, 0.6) is 0 Å². The van der Waals surface area contributed by atoms with Crippen LogP contribution in [0.25, 0.3) is 16.7 Å². The number of aromatic amines is 1. The molecule has 184 valence electrons. The molecule has 2 fully saturated rings. The van der Waals surface area contributed by atoms with Gasteiger partial charge in [0.25, 0.3) is 17.4 Å². The second kappa shape index (κ2) is 8.63. The Morgan fingerprint density at radius 2 is 1.86 bits per heavy atom. The van der Waals surface area contributed by atoms with Crippen molar-refractivity contribution in [2.75, 3.05) is 32.7 Å². The van der Waals surface area contributed by atoms with Crippen molar-refractivity contribution in [3.05, 3.63) is 64.6 Å². The molecule has 6 rings (SSSR count). The van der Waals surface area contributed by atoms with Gasteiger partial charge in [0.1, 0.15) is 0 Å². The number of para-hydroxylation sites is 2. The van der Waals surface area contributed by atoms with E-state index in [9.17, 15) is 19.2 Å². The van der Waals surface area contributed by atoms with Crippen molar-refractivity contribution in [3.8, 4) is 0 Å². The van der Waals surface area contributed by atoms with Crippen molar-refractivity contribution >= 4 is 34.4 Å². The number of carbonyl (C=O) groups is 3. The monoisotopic (exact) mass is 489 g/mol. The Hall–Kier alpha value is -4.48. The third kappa shape index (κ3) is 3.80. The summed E-state index contributed by atoms with van der Waals surface area (Å²) in [5.41, 5.74) is 0.920. The fourth-order valence-corrected chi connectivity index (χ4v) is 5.12. The number of likely N-dealkylation sites (tertiary alicyclic amines) is 2. The van der Waals surface area contributed by atoms with Gasteiger partial charge < -0.3 is 24.5 Å². The van der Waals surface area contributed by atoms with Gasteiger partial charge in [-0.25, -0.2) is 4.52 Å². The van der Waals surface area contributed by atoms with Crippen LogP contribution >= 0.6 is 0 Å². The maximum absolute atomic E-state index is 13.3. The number of furan rings is 1. The standard InChI is InChI=1S/C24H23N7O5/c32-19(10-25-22(33)18-6-3-9-36-18)29-8-7-14-11-30(13-15(14)12-29)24(35)20-27-21-23(34)26-16-4-1-2-5-17(16)31(21)28-20/h1-6,9,14-15H,7-8,10-13H2,(H,25,33)(H,26,34)/t14-,15-/m1/s1. The van der Waals surface area contributed by atoms with Crippen LogP contribution in [0.4, 0.5) is 0 Å². The third-order valence-electron chi connectivity index (χ3n) is 6.97. The van der Waals surface area contributed by atoms with Gasteiger partial charge >= 0.3 is 0 Å². The zero-order valence-electron chi connectivity index (χ0n) is 19.2. The molecule has 0 bridgehead atoms. The summed E-state index contributed by atoms with van der Waals surface area (Å²) in [7, 11) is 0. The van der Waals surface area contributed by atoms with E-state index in [0.717, 1.165) is 6.42 Å². The summed E-state index contributed by atoms with van der Waals surface area (Å²) in [6.45, 7) is 1.97. The van der Waals surface area contributed by atoms with Gasteiger partial charge in [-0.15, -0.1) is 5.10 Å². The van der Waals surface area contributed by atoms with Gasteiger partial charge in [0.15, 0.2) is 5.76 Å². The first kappa shape index (κ1) is 22.0. The highest BCUT2D eigenvalue weighted by Gasteiger charge is 2.41. The minimum absolute atomic E-state index is 0.0240. The molecular formula is C24H23N7O5. The van der Waals surface area contributed by atoms with Gasteiger partial charge in [0, 0.05) is 26.2 Å². The van der Waals surface area contributed by atoms with E-state index >= 15 is 0 Å². The zero-order valence-corrected chi connectivity index (χ0v) is 19.2. The number of H-pyrrole nitrogens is 1. The maximum atomic E-state index is 13.3. The van der Waals surface area contributed by atoms with E-state index < -0.39 is 11.5 Å². The molecule has 0 aliphatic carbocycles. The Labute approximate surface area is 203 Å². The van der Waals surface area contributed by atoms with Crippen molar-refractivity contribution in [3.63, 3.8) is 0 Å². The van der Waals surface area contributed by atoms with Gasteiger partial charge in [-0.3, -0.25) is 19.2 Å². The summed E-state index contributed by atoms with van der Waals surface area (Å²) < 4.78 is 6.45. The summed E-state index contributed by atoms with van der Waals surface area (Å²) >= 11 is 0.